The van der Waals surface area contributed by atoms with Crippen LogP contribution >= 0.6 is 0 Å². The number of halogens is 3. The van der Waals surface area contributed by atoms with Gasteiger partial charge in [0, 0.05) is 31.7 Å². The molecule has 2 aliphatic rings. The summed E-state index contributed by atoms with van der Waals surface area (Å²) in [6.45, 7) is 1.29. The summed E-state index contributed by atoms with van der Waals surface area (Å²) in [5.74, 6) is 1.43. The molecule has 1 saturated heterocycles. The van der Waals surface area contributed by atoms with E-state index in [1.165, 1.54) is 18.9 Å². The number of alkyl halides is 3. The van der Waals surface area contributed by atoms with Gasteiger partial charge in [0.2, 0.25) is 5.91 Å². The molecule has 1 amide bonds. The van der Waals surface area contributed by atoms with Crippen LogP contribution in [0.2, 0.25) is 0 Å². The van der Waals surface area contributed by atoms with Gasteiger partial charge in [0.15, 0.2) is 0 Å². The van der Waals surface area contributed by atoms with Crippen molar-refractivity contribution in [1.82, 2.24) is 10.3 Å². The molecule has 0 atom stereocenters. The number of aryl methyl sites for hydroxylation is 1. The molecular formula is C25H30F3N3O2. The van der Waals surface area contributed by atoms with Crippen molar-refractivity contribution in [3.8, 4) is 5.75 Å². The number of piperidine rings is 1. The van der Waals surface area contributed by atoms with Crippen molar-refractivity contribution >= 4 is 11.7 Å². The maximum Gasteiger partial charge on any atom is 0.417 e. The van der Waals surface area contributed by atoms with Gasteiger partial charge >= 0.3 is 6.18 Å². The van der Waals surface area contributed by atoms with E-state index in [-0.39, 0.29) is 11.9 Å². The minimum atomic E-state index is -4.38. The van der Waals surface area contributed by atoms with Crippen LogP contribution in [0.3, 0.4) is 0 Å². The normalized spacial score (nSPS) is 17.8. The fraction of sp³-hybridized carbons (Fsp3) is 0.520. The monoisotopic (exact) mass is 461 g/mol. The number of benzene rings is 1. The Labute approximate surface area is 192 Å². The highest BCUT2D eigenvalue weighted by Gasteiger charge is 2.31. The predicted molar refractivity (Wildman–Crippen MR) is 120 cm³/mol. The molecule has 0 unspecified atom stereocenters. The summed E-state index contributed by atoms with van der Waals surface area (Å²) in [5.41, 5.74) is 0.341. The van der Waals surface area contributed by atoms with Crippen LogP contribution in [0.25, 0.3) is 0 Å². The lowest BCUT2D eigenvalue weighted by atomic mass is 10.0. The Morgan fingerprint density at radius 2 is 1.85 bits per heavy atom. The number of ether oxygens (including phenoxy) is 1. The maximum atomic E-state index is 12.7. The molecule has 4 rings (SSSR count). The number of amides is 1. The van der Waals surface area contributed by atoms with E-state index in [4.69, 9.17) is 4.74 Å². The number of rotatable bonds is 7. The van der Waals surface area contributed by atoms with Crippen molar-refractivity contribution in [2.24, 2.45) is 0 Å². The van der Waals surface area contributed by atoms with Crippen LogP contribution in [-0.2, 0) is 17.4 Å². The number of nitrogens with zero attached hydrogens (tertiary/aromatic N) is 2. The quantitative estimate of drug-likeness (QED) is 0.621. The zero-order valence-corrected chi connectivity index (χ0v) is 18.6. The zero-order valence-electron chi connectivity index (χ0n) is 18.6. The topological polar surface area (TPSA) is 54.5 Å². The lowest BCUT2D eigenvalue weighted by Gasteiger charge is -2.33. The van der Waals surface area contributed by atoms with Crippen LogP contribution in [0.15, 0.2) is 42.6 Å². The average Bonchev–Trinajstić information content (AvgIpc) is 3.31. The Hall–Kier alpha value is -2.77. The van der Waals surface area contributed by atoms with Gasteiger partial charge in [0.05, 0.1) is 11.7 Å². The molecule has 5 nitrogen and oxygen atoms in total. The third-order valence-electron chi connectivity index (χ3n) is 6.40. The molecule has 1 aromatic heterocycles. The number of carbonyl (C=O) groups is 1. The molecule has 0 bridgehead atoms. The number of aromatic nitrogens is 1. The summed E-state index contributed by atoms with van der Waals surface area (Å²) in [6, 6.07) is 10.5. The fourth-order valence-corrected chi connectivity index (χ4v) is 4.52. The van der Waals surface area contributed by atoms with E-state index in [1.54, 1.807) is 0 Å². The predicted octanol–water partition coefficient (Wildman–Crippen LogP) is 5.14. The molecule has 2 heterocycles. The number of carbonyl (C=O) groups excluding carboxylic acids is 1. The van der Waals surface area contributed by atoms with Gasteiger partial charge < -0.3 is 15.0 Å². The lowest BCUT2D eigenvalue weighted by Crippen LogP contribution is -2.45. The first-order valence-electron chi connectivity index (χ1n) is 11.7. The standard InChI is InChI=1S/C25H30F3N3O2/c26-25(27,28)19-9-10-23(29-17-19)31-14-12-20(13-15-31)30-24(32)11-8-18-4-3-7-22(16-18)33-21-5-1-2-6-21/h3-4,7,9-10,16-17,20-21H,1-2,5-6,8,11-15H2,(H,30,32). The third kappa shape index (κ3) is 6.62. The number of nitrogens with one attached hydrogen (secondary N) is 1. The smallest absolute Gasteiger partial charge is 0.417 e. The Morgan fingerprint density at radius 1 is 1.09 bits per heavy atom. The first-order valence-corrected chi connectivity index (χ1v) is 11.7. The van der Waals surface area contributed by atoms with Crippen molar-refractivity contribution < 1.29 is 22.7 Å². The summed E-state index contributed by atoms with van der Waals surface area (Å²) in [7, 11) is 0. The van der Waals surface area contributed by atoms with Crippen molar-refractivity contribution in [2.75, 3.05) is 18.0 Å². The summed E-state index contributed by atoms with van der Waals surface area (Å²) < 4.78 is 44.2. The summed E-state index contributed by atoms with van der Waals surface area (Å²) in [4.78, 5) is 18.4. The molecular weight excluding hydrogens is 431 g/mol. The van der Waals surface area contributed by atoms with Crippen molar-refractivity contribution in [3.05, 3.63) is 53.7 Å². The van der Waals surface area contributed by atoms with Crippen LogP contribution < -0.4 is 15.0 Å². The van der Waals surface area contributed by atoms with Crippen molar-refractivity contribution in [3.63, 3.8) is 0 Å². The van der Waals surface area contributed by atoms with Crippen LogP contribution in [0.1, 0.15) is 56.1 Å². The van der Waals surface area contributed by atoms with E-state index in [1.807, 2.05) is 29.2 Å². The van der Waals surface area contributed by atoms with E-state index in [9.17, 15) is 18.0 Å². The molecule has 178 valence electrons. The SMILES string of the molecule is O=C(CCc1cccc(OC2CCCC2)c1)NC1CCN(c2ccc(C(F)(F)F)cn2)CC1. The van der Waals surface area contributed by atoms with Gasteiger partial charge in [-0.25, -0.2) is 4.98 Å². The second kappa shape index (κ2) is 10.4. The number of hydrogen-bond donors (Lipinski definition) is 1. The largest absolute Gasteiger partial charge is 0.490 e. The summed E-state index contributed by atoms with van der Waals surface area (Å²) in [6.07, 6.45) is 4.01. The van der Waals surface area contributed by atoms with Gasteiger partial charge in [0.1, 0.15) is 11.6 Å². The molecule has 2 fully saturated rings. The highest BCUT2D eigenvalue weighted by molar-refractivity contribution is 5.76. The highest BCUT2D eigenvalue weighted by atomic mass is 19.4. The summed E-state index contributed by atoms with van der Waals surface area (Å²) >= 11 is 0. The van der Waals surface area contributed by atoms with Gasteiger partial charge in [-0.1, -0.05) is 12.1 Å². The lowest BCUT2D eigenvalue weighted by molar-refractivity contribution is -0.137. The van der Waals surface area contributed by atoms with Gasteiger partial charge in [-0.05, 0) is 74.8 Å². The third-order valence-corrected chi connectivity index (χ3v) is 6.40. The van der Waals surface area contributed by atoms with E-state index in [0.29, 0.717) is 37.9 Å². The molecule has 1 aromatic carbocycles. The van der Waals surface area contributed by atoms with E-state index in [0.717, 1.165) is 49.3 Å². The average molecular weight is 462 g/mol. The molecule has 2 aromatic rings. The zero-order chi connectivity index (χ0) is 23.3. The minimum absolute atomic E-state index is 0.0169. The van der Waals surface area contributed by atoms with Crippen LogP contribution in [-0.4, -0.2) is 36.1 Å². The minimum Gasteiger partial charge on any atom is -0.490 e. The van der Waals surface area contributed by atoms with Crippen LogP contribution in [0.5, 0.6) is 5.75 Å². The van der Waals surface area contributed by atoms with Gasteiger partial charge in [0.25, 0.3) is 0 Å². The molecule has 0 radical (unpaired) electrons. The Bertz CT molecular complexity index is 919. The number of hydrogen-bond acceptors (Lipinski definition) is 4. The van der Waals surface area contributed by atoms with Crippen LogP contribution in [0.4, 0.5) is 19.0 Å². The van der Waals surface area contributed by atoms with Crippen LogP contribution in [0, 0.1) is 0 Å². The van der Waals surface area contributed by atoms with E-state index in [2.05, 4.69) is 10.3 Å². The van der Waals surface area contributed by atoms with Gasteiger partial charge in [-0.2, -0.15) is 13.2 Å². The van der Waals surface area contributed by atoms with E-state index >= 15 is 0 Å². The van der Waals surface area contributed by atoms with Gasteiger partial charge in [-0.15, -0.1) is 0 Å². The molecule has 1 aliphatic carbocycles. The first-order chi connectivity index (χ1) is 15.9. The number of pyridine rings is 1. The highest BCUT2D eigenvalue weighted by Crippen LogP contribution is 2.30. The number of anilines is 1. The Kier molecular flexibility index (Phi) is 7.40. The molecule has 1 saturated carbocycles. The molecule has 1 aliphatic heterocycles. The second-order valence-corrected chi connectivity index (χ2v) is 8.90. The van der Waals surface area contributed by atoms with Gasteiger partial charge in [-0.3, -0.25) is 4.79 Å². The van der Waals surface area contributed by atoms with Crippen molar-refractivity contribution in [1.29, 1.82) is 0 Å². The Morgan fingerprint density at radius 3 is 2.52 bits per heavy atom. The molecule has 0 spiro atoms. The Balaban J connectivity index is 1.19. The maximum absolute atomic E-state index is 12.7. The molecule has 1 N–H and O–H groups in total. The fourth-order valence-electron chi connectivity index (χ4n) is 4.52. The second-order valence-electron chi connectivity index (χ2n) is 8.90. The van der Waals surface area contributed by atoms with Crippen molar-refractivity contribution in [2.45, 2.75) is 69.7 Å². The van der Waals surface area contributed by atoms with E-state index < -0.39 is 11.7 Å². The molecule has 8 heteroatoms. The first kappa shape index (κ1) is 23.4. The molecule has 33 heavy (non-hydrogen) atoms. The summed E-state index contributed by atoms with van der Waals surface area (Å²) in [5, 5.41) is 3.10.